The maximum atomic E-state index is 13.1. The van der Waals surface area contributed by atoms with Gasteiger partial charge in [0.1, 0.15) is 18.2 Å². The molecule has 30 heavy (non-hydrogen) atoms. The molecule has 1 aliphatic rings. The summed E-state index contributed by atoms with van der Waals surface area (Å²) in [6.07, 6.45) is 1.14. The Hall–Kier alpha value is -3.75. The number of hydrogen-bond donors (Lipinski definition) is 2. The zero-order valence-corrected chi connectivity index (χ0v) is 16.3. The first-order chi connectivity index (χ1) is 14.5. The van der Waals surface area contributed by atoms with E-state index in [1.165, 1.54) is 16.8 Å². The zero-order valence-electron chi connectivity index (χ0n) is 16.3. The number of fused-ring (bicyclic) bond motifs is 1. The van der Waals surface area contributed by atoms with Gasteiger partial charge in [0.05, 0.1) is 17.9 Å². The molecule has 9 heteroatoms. The SMILES string of the molecule is Cc1c(C(=O)NCCOc2ccc3c(c2)CCC(=O)N3)nnn1-c1ccc(F)cc1. The van der Waals surface area contributed by atoms with Crippen LogP contribution in [0.15, 0.2) is 42.5 Å². The van der Waals surface area contributed by atoms with Crippen molar-refractivity contribution in [3.63, 3.8) is 0 Å². The fraction of sp³-hybridized carbons (Fsp3) is 0.238. The molecule has 154 valence electrons. The van der Waals surface area contributed by atoms with Gasteiger partial charge in [-0.25, -0.2) is 9.07 Å². The van der Waals surface area contributed by atoms with Gasteiger partial charge in [0, 0.05) is 12.1 Å². The summed E-state index contributed by atoms with van der Waals surface area (Å²) < 4.78 is 20.3. The lowest BCUT2D eigenvalue weighted by Crippen LogP contribution is -2.29. The smallest absolute Gasteiger partial charge is 0.273 e. The molecule has 1 aliphatic heterocycles. The monoisotopic (exact) mass is 409 g/mol. The summed E-state index contributed by atoms with van der Waals surface area (Å²) in [5.41, 5.74) is 3.21. The normalized spacial score (nSPS) is 12.8. The molecular formula is C21H20FN5O3. The predicted molar refractivity (Wildman–Crippen MR) is 107 cm³/mol. The molecule has 0 spiro atoms. The van der Waals surface area contributed by atoms with Crippen molar-refractivity contribution in [2.24, 2.45) is 0 Å². The quantitative estimate of drug-likeness (QED) is 0.610. The van der Waals surface area contributed by atoms with Gasteiger partial charge in [0.25, 0.3) is 5.91 Å². The van der Waals surface area contributed by atoms with Gasteiger partial charge in [-0.15, -0.1) is 5.10 Å². The van der Waals surface area contributed by atoms with Crippen molar-refractivity contribution in [2.75, 3.05) is 18.5 Å². The second-order valence-electron chi connectivity index (χ2n) is 6.88. The molecule has 0 atom stereocenters. The topological polar surface area (TPSA) is 98.1 Å². The lowest BCUT2D eigenvalue weighted by molar-refractivity contribution is -0.116. The summed E-state index contributed by atoms with van der Waals surface area (Å²) >= 11 is 0. The molecule has 2 amide bonds. The summed E-state index contributed by atoms with van der Waals surface area (Å²) in [5, 5.41) is 13.5. The van der Waals surface area contributed by atoms with Crippen molar-refractivity contribution in [1.82, 2.24) is 20.3 Å². The zero-order chi connectivity index (χ0) is 21.1. The van der Waals surface area contributed by atoms with Crippen molar-refractivity contribution < 1.29 is 18.7 Å². The van der Waals surface area contributed by atoms with Crippen molar-refractivity contribution in [3.05, 3.63) is 65.2 Å². The van der Waals surface area contributed by atoms with Gasteiger partial charge < -0.3 is 15.4 Å². The van der Waals surface area contributed by atoms with Crippen LogP contribution in [0.2, 0.25) is 0 Å². The van der Waals surface area contributed by atoms with Crippen LogP contribution in [0.3, 0.4) is 0 Å². The first-order valence-corrected chi connectivity index (χ1v) is 9.53. The van der Waals surface area contributed by atoms with Gasteiger partial charge in [0.2, 0.25) is 5.91 Å². The Morgan fingerprint density at radius 2 is 2.03 bits per heavy atom. The number of ether oxygens (including phenoxy) is 1. The van der Waals surface area contributed by atoms with E-state index in [1.807, 2.05) is 12.1 Å². The highest BCUT2D eigenvalue weighted by Gasteiger charge is 2.17. The summed E-state index contributed by atoms with van der Waals surface area (Å²) in [7, 11) is 0. The standard InChI is InChI=1S/C21H20FN5O3/c1-13-20(25-26-27(13)16-5-3-15(22)4-6-16)21(29)23-10-11-30-17-7-8-18-14(12-17)2-9-19(28)24-18/h3-8,12H,2,9-11H2,1H3,(H,23,29)(H,24,28). The number of carbonyl (C=O) groups is 2. The van der Waals surface area contributed by atoms with E-state index in [-0.39, 0.29) is 36.5 Å². The molecular weight excluding hydrogens is 389 g/mol. The van der Waals surface area contributed by atoms with Crippen LogP contribution in [0.5, 0.6) is 5.75 Å². The van der Waals surface area contributed by atoms with Crippen LogP contribution in [0.4, 0.5) is 10.1 Å². The summed E-state index contributed by atoms with van der Waals surface area (Å²) in [5.74, 6) is -0.0149. The van der Waals surface area contributed by atoms with Gasteiger partial charge in [-0.3, -0.25) is 9.59 Å². The molecule has 0 aliphatic carbocycles. The third-order valence-electron chi connectivity index (χ3n) is 4.81. The third-order valence-corrected chi connectivity index (χ3v) is 4.81. The molecule has 2 N–H and O–H groups in total. The summed E-state index contributed by atoms with van der Waals surface area (Å²) in [6.45, 7) is 2.29. The molecule has 1 aromatic heterocycles. The maximum absolute atomic E-state index is 13.1. The largest absolute Gasteiger partial charge is 0.492 e. The van der Waals surface area contributed by atoms with Crippen molar-refractivity contribution in [2.45, 2.75) is 19.8 Å². The van der Waals surface area contributed by atoms with Crippen LogP contribution >= 0.6 is 0 Å². The van der Waals surface area contributed by atoms with Crippen LogP contribution in [-0.2, 0) is 11.2 Å². The molecule has 0 unspecified atom stereocenters. The predicted octanol–water partition coefficient (Wildman–Crippen LogP) is 2.41. The van der Waals surface area contributed by atoms with E-state index in [2.05, 4.69) is 20.9 Å². The number of benzene rings is 2. The van der Waals surface area contributed by atoms with Crippen LogP contribution in [-0.4, -0.2) is 40.0 Å². The number of aromatic nitrogens is 3. The van der Waals surface area contributed by atoms with Gasteiger partial charge in [-0.1, -0.05) is 5.21 Å². The van der Waals surface area contributed by atoms with Crippen LogP contribution < -0.4 is 15.4 Å². The number of amides is 2. The lowest BCUT2D eigenvalue weighted by atomic mass is 10.0. The van der Waals surface area contributed by atoms with Crippen molar-refractivity contribution >= 4 is 17.5 Å². The molecule has 0 bridgehead atoms. The lowest BCUT2D eigenvalue weighted by Gasteiger charge is -2.17. The molecule has 0 fully saturated rings. The minimum atomic E-state index is -0.363. The average molecular weight is 409 g/mol. The number of halogens is 1. The number of aryl methyl sites for hydroxylation is 1. The molecule has 2 aromatic carbocycles. The van der Waals surface area contributed by atoms with Gasteiger partial charge in [0.15, 0.2) is 5.69 Å². The molecule has 3 aromatic rings. The Kier molecular flexibility index (Phi) is 5.42. The maximum Gasteiger partial charge on any atom is 0.273 e. The van der Waals surface area contributed by atoms with Gasteiger partial charge in [-0.2, -0.15) is 0 Å². The Morgan fingerprint density at radius 3 is 2.83 bits per heavy atom. The molecule has 0 saturated carbocycles. The first-order valence-electron chi connectivity index (χ1n) is 9.53. The molecule has 8 nitrogen and oxygen atoms in total. The second kappa shape index (κ2) is 8.32. The highest BCUT2D eigenvalue weighted by molar-refractivity contribution is 5.94. The van der Waals surface area contributed by atoms with E-state index in [9.17, 15) is 14.0 Å². The van der Waals surface area contributed by atoms with E-state index in [0.717, 1.165) is 11.3 Å². The first kappa shape index (κ1) is 19.6. The minimum Gasteiger partial charge on any atom is -0.492 e. The molecule has 4 rings (SSSR count). The summed E-state index contributed by atoms with van der Waals surface area (Å²) in [4.78, 5) is 23.8. The molecule has 0 saturated heterocycles. The number of hydrogen-bond acceptors (Lipinski definition) is 5. The van der Waals surface area contributed by atoms with Crippen molar-refractivity contribution in [1.29, 1.82) is 0 Å². The Bertz CT molecular complexity index is 1090. The van der Waals surface area contributed by atoms with Gasteiger partial charge in [-0.05, 0) is 61.4 Å². The highest BCUT2D eigenvalue weighted by atomic mass is 19.1. The Labute approximate surface area is 172 Å². The van der Waals surface area contributed by atoms with E-state index < -0.39 is 0 Å². The summed E-state index contributed by atoms with van der Waals surface area (Å²) in [6, 6.07) is 11.3. The van der Waals surface area contributed by atoms with Crippen LogP contribution in [0, 0.1) is 12.7 Å². The molecule has 2 heterocycles. The number of carbonyl (C=O) groups excluding carboxylic acids is 2. The number of anilines is 1. The average Bonchev–Trinajstić information content (AvgIpc) is 3.13. The number of nitrogens with one attached hydrogen (secondary N) is 2. The fourth-order valence-electron chi connectivity index (χ4n) is 3.23. The van der Waals surface area contributed by atoms with Gasteiger partial charge >= 0.3 is 0 Å². The number of nitrogens with zero attached hydrogens (tertiary/aromatic N) is 3. The van der Waals surface area contributed by atoms with E-state index in [4.69, 9.17) is 4.74 Å². The van der Waals surface area contributed by atoms with E-state index in [1.54, 1.807) is 25.1 Å². The van der Waals surface area contributed by atoms with Crippen LogP contribution in [0.1, 0.15) is 28.2 Å². The number of rotatable bonds is 6. The van der Waals surface area contributed by atoms with Crippen molar-refractivity contribution in [3.8, 4) is 11.4 Å². The minimum absolute atomic E-state index is 0.0190. The third kappa shape index (κ3) is 4.14. The van der Waals surface area contributed by atoms with Crippen LogP contribution in [0.25, 0.3) is 5.69 Å². The molecule has 0 radical (unpaired) electrons. The van der Waals surface area contributed by atoms with E-state index >= 15 is 0 Å². The fourth-order valence-corrected chi connectivity index (χ4v) is 3.23. The Morgan fingerprint density at radius 1 is 1.23 bits per heavy atom. The highest BCUT2D eigenvalue weighted by Crippen LogP contribution is 2.26. The Balaban J connectivity index is 1.31. The second-order valence-corrected chi connectivity index (χ2v) is 6.88. The van der Waals surface area contributed by atoms with E-state index in [0.29, 0.717) is 30.0 Å².